The highest BCUT2D eigenvalue weighted by atomic mass is 32.2. The highest BCUT2D eigenvalue weighted by Gasteiger charge is 2.42. The number of rotatable bonds is 5. The van der Waals surface area contributed by atoms with Gasteiger partial charge in [-0.3, -0.25) is 0 Å². The lowest BCUT2D eigenvalue weighted by Gasteiger charge is -2.47. The summed E-state index contributed by atoms with van der Waals surface area (Å²) in [6, 6.07) is 0.642. The molecule has 0 unspecified atom stereocenters. The van der Waals surface area contributed by atoms with E-state index in [0.29, 0.717) is 12.0 Å². The number of hydrogen-bond acceptors (Lipinski definition) is 4. The largest absolute Gasteiger partial charge is 0.375 e. The van der Waals surface area contributed by atoms with E-state index in [1.54, 1.807) is 0 Å². The molecule has 128 valence electrons. The summed E-state index contributed by atoms with van der Waals surface area (Å²) in [4.78, 5) is 0. The first-order valence-corrected chi connectivity index (χ1v) is 10.7. The first-order chi connectivity index (χ1) is 10.5. The zero-order valence-electron chi connectivity index (χ0n) is 13.6. The summed E-state index contributed by atoms with van der Waals surface area (Å²) in [5.74, 6) is 0.420. The quantitative estimate of drug-likeness (QED) is 0.806. The number of nitrogens with one attached hydrogen (secondary N) is 2. The van der Waals surface area contributed by atoms with Crippen molar-refractivity contribution in [3.8, 4) is 0 Å². The summed E-state index contributed by atoms with van der Waals surface area (Å²) < 4.78 is 31.9. The molecule has 3 rings (SSSR count). The predicted molar refractivity (Wildman–Crippen MR) is 87.3 cm³/mol. The van der Waals surface area contributed by atoms with Gasteiger partial charge in [-0.15, -0.1) is 0 Å². The van der Waals surface area contributed by atoms with Crippen LogP contribution in [0.2, 0.25) is 0 Å². The van der Waals surface area contributed by atoms with Crippen LogP contribution in [0.15, 0.2) is 0 Å². The fourth-order valence-corrected chi connectivity index (χ4v) is 5.18. The molecule has 1 saturated heterocycles. The van der Waals surface area contributed by atoms with Crippen LogP contribution < -0.4 is 10.0 Å². The molecule has 3 atom stereocenters. The highest BCUT2D eigenvalue weighted by Crippen LogP contribution is 2.42. The van der Waals surface area contributed by atoms with Gasteiger partial charge in [0.2, 0.25) is 10.0 Å². The Hall–Kier alpha value is -0.170. The molecule has 1 heterocycles. The lowest BCUT2D eigenvalue weighted by molar-refractivity contribution is -0.135. The van der Waals surface area contributed by atoms with Crippen molar-refractivity contribution in [2.24, 2.45) is 5.92 Å². The van der Waals surface area contributed by atoms with Gasteiger partial charge in [0, 0.05) is 18.7 Å². The first kappa shape index (κ1) is 16.7. The molecule has 0 bridgehead atoms. The molecule has 2 aliphatic carbocycles. The smallest absolute Gasteiger partial charge is 0.208 e. The van der Waals surface area contributed by atoms with Crippen LogP contribution in [0, 0.1) is 5.92 Å². The summed E-state index contributed by atoms with van der Waals surface area (Å²) in [7, 11) is -3.11. The van der Waals surface area contributed by atoms with Crippen LogP contribution in [0.1, 0.15) is 57.8 Å². The molecule has 1 spiro atoms. The Balaban J connectivity index is 1.50. The molecule has 0 aromatic rings. The van der Waals surface area contributed by atoms with Crippen LogP contribution in [0.5, 0.6) is 0 Å². The Morgan fingerprint density at radius 2 is 1.91 bits per heavy atom. The summed E-state index contributed by atoms with van der Waals surface area (Å²) in [5.41, 5.74) is 0.174. The van der Waals surface area contributed by atoms with Gasteiger partial charge in [0.25, 0.3) is 0 Å². The second kappa shape index (κ2) is 6.75. The van der Waals surface area contributed by atoms with E-state index >= 15 is 0 Å². The van der Waals surface area contributed by atoms with Crippen LogP contribution in [0.3, 0.4) is 0 Å². The number of hydrogen-bond donors (Lipinski definition) is 2. The van der Waals surface area contributed by atoms with Gasteiger partial charge >= 0.3 is 0 Å². The van der Waals surface area contributed by atoms with E-state index in [4.69, 9.17) is 4.74 Å². The van der Waals surface area contributed by atoms with Gasteiger partial charge in [0.05, 0.1) is 11.9 Å². The lowest BCUT2D eigenvalue weighted by atomic mass is 9.74. The van der Waals surface area contributed by atoms with Gasteiger partial charge in [-0.05, 0) is 57.4 Å². The molecular weight excluding hydrogens is 300 g/mol. The average Bonchev–Trinajstić information content (AvgIpc) is 2.43. The lowest BCUT2D eigenvalue weighted by Crippen LogP contribution is -2.53. The van der Waals surface area contributed by atoms with E-state index in [1.807, 2.05) is 0 Å². The highest BCUT2D eigenvalue weighted by molar-refractivity contribution is 7.88. The maximum absolute atomic E-state index is 11.5. The first-order valence-electron chi connectivity index (χ1n) is 8.80. The van der Waals surface area contributed by atoms with Crippen molar-refractivity contribution in [1.82, 2.24) is 10.0 Å². The van der Waals surface area contributed by atoms with Gasteiger partial charge in [0.15, 0.2) is 0 Å². The monoisotopic (exact) mass is 330 g/mol. The second-order valence-electron chi connectivity index (χ2n) is 7.52. The minimum atomic E-state index is -3.11. The fourth-order valence-electron chi connectivity index (χ4n) is 4.32. The van der Waals surface area contributed by atoms with E-state index in [2.05, 4.69) is 10.0 Å². The SMILES string of the molecule is CS(=O)(=O)N[C@@H]1CCCC[C@H]1CN[C@@H]1CCOC2(CCC2)C1. The molecule has 0 amide bonds. The van der Waals surface area contributed by atoms with Crippen LogP contribution >= 0.6 is 0 Å². The van der Waals surface area contributed by atoms with Crippen LogP contribution in [0.25, 0.3) is 0 Å². The molecule has 5 nitrogen and oxygen atoms in total. The maximum Gasteiger partial charge on any atom is 0.208 e. The molecule has 3 fully saturated rings. The minimum absolute atomic E-state index is 0.105. The number of sulfonamides is 1. The molecular formula is C16H30N2O3S. The van der Waals surface area contributed by atoms with Crippen molar-refractivity contribution in [2.75, 3.05) is 19.4 Å². The third-order valence-electron chi connectivity index (χ3n) is 5.70. The summed E-state index contributed by atoms with van der Waals surface area (Å²) in [6.07, 6.45) is 11.6. The van der Waals surface area contributed by atoms with Crippen molar-refractivity contribution in [1.29, 1.82) is 0 Å². The van der Waals surface area contributed by atoms with Gasteiger partial charge < -0.3 is 10.1 Å². The average molecular weight is 330 g/mol. The standard InChI is InChI=1S/C16H30N2O3S/c1-22(19,20)18-15-6-3-2-5-13(15)12-17-14-7-10-21-16(11-14)8-4-9-16/h13-15,17-18H,2-12H2,1H3/t13-,14+,15+/m0/s1. The van der Waals surface area contributed by atoms with Crippen LogP contribution in [0.4, 0.5) is 0 Å². The van der Waals surface area contributed by atoms with Crippen molar-refractivity contribution in [2.45, 2.75) is 75.5 Å². The second-order valence-corrected chi connectivity index (χ2v) is 9.30. The molecule has 3 aliphatic rings. The summed E-state index contributed by atoms with van der Waals surface area (Å²) in [6.45, 7) is 1.79. The molecule has 0 aromatic heterocycles. The van der Waals surface area contributed by atoms with Gasteiger partial charge in [-0.2, -0.15) is 0 Å². The van der Waals surface area contributed by atoms with Crippen molar-refractivity contribution >= 4 is 10.0 Å². The van der Waals surface area contributed by atoms with Crippen LogP contribution in [-0.4, -0.2) is 45.5 Å². The minimum Gasteiger partial charge on any atom is -0.375 e. The third kappa shape index (κ3) is 4.22. The molecule has 0 radical (unpaired) electrons. The zero-order valence-corrected chi connectivity index (χ0v) is 14.5. The maximum atomic E-state index is 11.5. The summed E-state index contributed by atoms with van der Waals surface area (Å²) >= 11 is 0. The van der Waals surface area contributed by atoms with Gasteiger partial charge in [0.1, 0.15) is 0 Å². The third-order valence-corrected chi connectivity index (χ3v) is 6.43. The molecule has 1 aliphatic heterocycles. The topological polar surface area (TPSA) is 67.4 Å². The Bertz CT molecular complexity index is 476. The van der Waals surface area contributed by atoms with E-state index in [1.165, 1.54) is 31.9 Å². The predicted octanol–water partition coefficient (Wildman–Crippen LogP) is 1.79. The molecule has 2 N–H and O–H groups in total. The number of ether oxygens (including phenoxy) is 1. The van der Waals surface area contributed by atoms with E-state index in [9.17, 15) is 8.42 Å². The molecule has 6 heteroatoms. The van der Waals surface area contributed by atoms with Crippen LogP contribution in [-0.2, 0) is 14.8 Å². The van der Waals surface area contributed by atoms with Gasteiger partial charge in [-0.1, -0.05) is 12.8 Å². The zero-order chi connectivity index (χ0) is 15.6. The summed E-state index contributed by atoms with van der Waals surface area (Å²) in [5, 5.41) is 3.72. The van der Waals surface area contributed by atoms with E-state index < -0.39 is 10.0 Å². The Kier molecular flexibility index (Phi) is 5.12. The normalized spacial score (nSPS) is 35.2. The van der Waals surface area contributed by atoms with Crippen molar-refractivity contribution in [3.05, 3.63) is 0 Å². The van der Waals surface area contributed by atoms with E-state index in [-0.39, 0.29) is 11.6 Å². The molecule has 0 aromatic carbocycles. The van der Waals surface area contributed by atoms with Crippen molar-refractivity contribution < 1.29 is 13.2 Å². The molecule has 2 saturated carbocycles. The van der Waals surface area contributed by atoms with Crippen molar-refractivity contribution in [3.63, 3.8) is 0 Å². The molecule has 22 heavy (non-hydrogen) atoms. The Labute approximate surface area is 134 Å². The van der Waals surface area contributed by atoms with E-state index in [0.717, 1.165) is 45.3 Å². The Morgan fingerprint density at radius 3 is 2.59 bits per heavy atom. The fraction of sp³-hybridized carbons (Fsp3) is 1.00. The van der Waals surface area contributed by atoms with Gasteiger partial charge in [-0.25, -0.2) is 13.1 Å². The Morgan fingerprint density at radius 1 is 1.14 bits per heavy atom.